The first-order valence-electron chi connectivity index (χ1n) is 4.09. The second-order valence-corrected chi connectivity index (χ2v) is 3.71. The molecule has 14 heavy (non-hydrogen) atoms. The molecule has 0 radical (unpaired) electrons. The largest absolute Gasteiger partial charge is 0.498 e. The van der Waals surface area contributed by atoms with E-state index in [0.717, 1.165) is 16.3 Å². The number of benzene rings is 1. The molecule has 1 N–H and O–H groups in total. The summed E-state index contributed by atoms with van der Waals surface area (Å²) in [6, 6.07) is 7.59. The van der Waals surface area contributed by atoms with Gasteiger partial charge in [0.15, 0.2) is 5.06 Å². The lowest BCUT2D eigenvalue weighted by atomic mass is 10.2. The summed E-state index contributed by atoms with van der Waals surface area (Å²) in [7, 11) is 1.62. The molecule has 0 aliphatic carbocycles. The molecule has 0 unspecified atom stereocenters. The molecule has 2 aromatic rings. The molecule has 0 atom stereocenters. The lowest BCUT2D eigenvalue weighted by Crippen LogP contribution is -1.85. The molecule has 1 aromatic heterocycles. The van der Waals surface area contributed by atoms with Crippen molar-refractivity contribution in [1.82, 2.24) is 4.98 Å². The predicted molar refractivity (Wildman–Crippen MR) is 55.8 cm³/mol. The lowest BCUT2D eigenvalue weighted by Gasteiger charge is -2.03. The third-order valence-corrected chi connectivity index (χ3v) is 2.66. The van der Waals surface area contributed by atoms with Crippen molar-refractivity contribution in [2.24, 2.45) is 0 Å². The second kappa shape index (κ2) is 3.67. The minimum absolute atomic E-state index is 0.214. The number of thiazole rings is 1. The Hall–Kier alpha value is -1.55. The molecule has 0 bridgehead atoms. The van der Waals surface area contributed by atoms with Gasteiger partial charge in [-0.3, -0.25) is 0 Å². The van der Waals surface area contributed by atoms with Crippen LogP contribution in [0.4, 0.5) is 0 Å². The smallest absolute Gasteiger partial charge is 0.192 e. The first-order chi connectivity index (χ1) is 6.81. The van der Waals surface area contributed by atoms with Gasteiger partial charge in [-0.1, -0.05) is 23.5 Å². The third-order valence-electron chi connectivity index (χ3n) is 1.83. The molecule has 0 fully saturated rings. The number of para-hydroxylation sites is 1. The number of methoxy groups -OCH3 is 1. The fourth-order valence-corrected chi connectivity index (χ4v) is 1.90. The van der Waals surface area contributed by atoms with Crippen molar-refractivity contribution in [3.63, 3.8) is 0 Å². The Morgan fingerprint density at radius 3 is 2.79 bits per heavy atom. The van der Waals surface area contributed by atoms with E-state index in [2.05, 4.69) is 4.98 Å². The van der Waals surface area contributed by atoms with Crippen LogP contribution in [0.15, 0.2) is 30.5 Å². The Morgan fingerprint density at radius 1 is 1.36 bits per heavy atom. The maximum Gasteiger partial charge on any atom is 0.192 e. The van der Waals surface area contributed by atoms with Crippen LogP contribution in [0.1, 0.15) is 0 Å². The van der Waals surface area contributed by atoms with Gasteiger partial charge in [-0.2, -0.15) is 0 Å². The third kappa shape index (κ3) is 1.56. The van der Waals surface area contributed by atoms with Gasteiger partial charge in [-0.15, -0.1) is 0 Å². The average Bonchev–Trinajstić information content (AvgIpc) is 2.65. The summed E-state index contributed by atoms with van der Waals surface area (Å²) in [6.07, 6.45) is 1.44. The molecule has 0 amide bonds. The van der Waals surface area contributed by atoms with Crippen molar-refractivity contribution in [3.05, 3.63) is 30.5 Å². The van der Waals surface area contributed by atoms with Gasteiger partial charge in [0, 0.05) is 0 Å². The number of rotatable bonds is 2. The molecule has 1 heterocycles. The fraction of sp³-hybridized carbons (Fsp3) is 0.100. The molecular formula is C10H9NO2S. The zero-order chi connectivity index (χ0) is 9.97. The average molecular weight is 207 g/mol. The van der Waals surface area contributed by atoms with E-state index in [-0.39, 0.29) is 5.06 Å². The number of aromatic hydroxyl groups is 1. The number of hydrogen-bond acceptors (Lipinski definition) is 4. The van der Waals surface area contributed by atoms with E-state index in [9.17, 15) is 5.11 Å². The minimum Gasteiger partial charge on any atom is -0.498 e. The van der Waals surface area contributed by atoms with Crippen LogP contribution < -0.4 is 4.74 Å². The molecule has 1 aromatic carbocycles. The van der Waals surface area contributed by atoms with Crippen LogP contribution in [0, 0.1) is 0 Å². The van der Waals surface area contributed by atoms with Gasteiger partial charge < -0.3 is 9.84 Å². The summed E-state index contributed by atoms with van der Waals surface area (Å²) in [5.41, 5.74) is 0.903. The topological polar surface area (TPSA) is 42.4 Å². The van der Waals surface area contributed by atoms with Crippen LogP contribution in [0.2, 0.25) is 0 Å². The molecule has 2 rings (SSSR count). The van der Waals surface area contributed by atoms with Gasteiger partial charge in [0.1, 0.15) is 10.8 Å². The van der Waals surface area contributed by atoms with Gasteiger partial charge in [0.25, 0.3) is 0 Å². The van der Waals surface area contributed by atoms with E-state index in [0.29, 0.717) is 0 Å². The Bertz CT molecular complexity index is 439. The van der Waals surface area contributed by atoms with Crippen LogP contribution in [0.5, 0.6) is 10.8 Å². The summed E-state index contributed by atoms with van der Waals surface area (Å²) in [5, 5.41) is 10.2. The summed E-state index contributed by atoms with van der Waals surface area (Å²) in [5.74, 6) is 0.766. The van der Waals surface area contributed by atoms with E-state index in [1.165, 1.54) is 17.5 Å². The van der Waals surface area contributed by atoms with Crippen LogP contribution in [-0.2, 0) is 0 Å². The van der Waals surface area contributed by atoms with Crippen molar-refractivity contribution in [2.75, 3.05) is 7.11 Å². The first-order valence-corrected chi connectivity index (χ1v) is 4.91. The molecular weight excluding hydrogens is 198 g/mol. The van der Waals surface area contributed by atoms with E-state index in [1.807, 2.05) is 24.3 Å². The molecule has 0 spiro atoms. The fourth-order valence-electron chi connectivity index (χ4n) is 1.21. The molecule has 0 aliphatic heterocycles. The molecule has 0 saturated heterocycles. The monoisotopic (exact) mass is 207 g/mol. The quantitative estimate of drug-likeness (QED) is 0.822. The van der Waals surface area contributed by atoms with E-state index < -0.39 is 0 Å². The van der Waals surface area contributed by atoms with E-state index >= 15 is 0 Å². The zero-order valence-electron chi connectivity index (χ0n) is 7.60. The molecule has 72 valence electrons. The zero-order valence-corrected chi connectivity index (χ0v) is 8.41. The lowest BCUT2D eigenvalue weighted by molar-refractivity contribution is 0.416. The standard InChI is InChI=1S/C10H9NO2S/c1-13-8-5-3-2-4-7(8)10-11-6-9(12)14-10/h2-6,12H,1H3. The molecule has 0 aliphatic rings. The van der Waals surface area contributed by atoms with Crippen LogP contribution in [0.25, 0.3) is 10.6 Å². The first kappa shape index (κ1) is 9.02. The van der Waals surface area contributed by atoms with E-state index in [1.54, 1.807) is 7.11 Å². The van der Waals surface area contributed by atoms with Crippen molar-refractivity contribution in [3.8, 4) is 21.4 Å². The summed E-state index contributed by atoms with van der Waals surface area (Å²) < 4.78 is 5.19. The van der Waals surface area contributed by atoms with Crippen molar-refractivity contribution < 1.29 is 9.84 Å². The molecule has 0 saturated carbocycles. The second-order valence-electron chi connectivity index (χ2n) is 2.70. The summed E-state index contributed by atoms with van der Waals surface area (Å²) in [6.45, 7) is 0. The summed E-state index contributed by atoms with van der Waals surface area (Å²) in [4.78, 5) is 4.08. The SMILES string of the molecule is COc1ccccc1-c1ncc(O)s1. The van der Waals surface area contributed by atoms with Crippen LogP contribution in [0.3, 0.4) is 0 Å². The summed E-state index contributed by atoms with van der Waals surface area (Å²) >= 11 is 1.23. The van der Waals surface area contributed by atoms with E-state index in [4.69, 9.17) is 4.74 Å². The van der Waals surface area contributed by atoms with Gasteiger partial charge in [0.05, 0.1) is 18.9 Å². The number of ether oxygens (including phenoxy) is 1. The minimum atomic E-state index is 0.214. The van der Waals surface area contributed by atoms with Gasteiger partial charge in [-0.05, 0) is 12.1 Å². The normalized spacial score (nSPS) is 10.1. The van der Waals surface area contributed by atoms with Crippen molar-refractivity contribution in [1.29, 1.82) is 0 Å². The van der Waals surface area contributed by atoms with Crippen LogP contribution in [-0.4, -0.2) is 17.2 Å². The maximum atomic E-state index is 9.19. The van der Waals surface area contributed by atoms with Crippen LogP contribution >= 0.6 is 11.3 Å². The van der Waals surface area contributed by atoms with Crippen molar-refractivity contribution in [2.45, 2.75) is 0 Å². The highest BCUT2D eigenvalue weighted by molar-refractivity contribution is 7.16. The van der Waals surface area contributed by atoms with Gasteiger partial charge >= 0.3 is 0 Å². The van der Waals surface area contributed by atoms with Crippen molar-refractivity contribution >= 4 is 11.3 Å². The Kier molecular flexibility index (Phi) is 2.37. The Labute approximate surface area is 85.6 Å². The number of hydrogen-bond donors (Lipinski definition) is 1. The molecule has 3 nitrogen and oxygen atoms in total. The Balaban J connectivity index is 2.50. The van der Waals surface area contributed by atoms with Gasteiger partial charge in [-0.25, -0.2) is 4.98 Å². The highest BCUT2D eigenvalue weighted by Crippen LogP contribution is 2.34. The van der Waals surface area contributed by atoms with Gasteiger partial charge in [0.2, 0.25) is 0 Å². The maximum absolute atomic E-state index is 9.19. The Morgan fingerprint density at radius 2 is 2.14 bits per heavy atom. The highest BCUT2D eigenvalue weighted by Gasteiger charge is 2.08. The predicted octanol–water partition coefficient (Wildman–Crippen LogP) is 2.52. The highest BCUT2D eigenvalue weighted by atomic mass is 32.1. The molecule has 4 heteroatoms. The number of aromatic nitrogens is 1. The number of nitrogens with zero attached hydrogens (tertiary/aromatic N) is 1.